The fourth-order valence-corrected chi connectivity index (χ4v) is 2.56. The summed E-state index contributed by atoms with van der Waals surface area (Å²) in [5.74, 6) is -1.19. The van der Waals surface area contributed by atoms with Crippen LogP contribution in [0.2, 0.25) is 0 Å². The highest BCUT2D eigenvalue weighted by Crippen LogP contribution is 2.36. The summed E-state index contributed by atoms with van der Waals surface area (Å²) >= 11 is 0. The van der Waals surface area contributed by atoms with Crippen LogP contribution in [0.1, 0.15) is 13.8 Å². The molecule has 0 atom stereocenters. The van der Waals surface area contributed by atoms with Crippen LogP contribution < -0.4 is 4.90 Å². The van der Waals surface area contributed by atoms with Crippen molar-refractivity contribution in [2.45, 2.75) is 24.3 Å². The van der Waals surface area contributed by atoms with Gasteiger partial charge in [0, 0.05) is 13.3 Å². The van der Waals surface area contributed by atoms with Gasteiger partial charge in [-0.3, -0.25) is 10.1 Å². The van der Waals surface area contributed by atoms with Gasteiger partial charge in [-0.05, 0) is 26.0 Å². The molecule has 0 heterocycles. The first-order chi connectivity index (χ1) is 9.40. The molecule has 0 fully saturated rings. The van der Waals surface area contributed by atoms with E-state index in [9.17, 15) is 28.4 Å². The Morgan fingerprint density at radius 2 is 1.90 bits per heavy atom. The minimum absolute atomic E-state index is 0.0738. The van der Waals surface area contributed by atoms with Crippen molar-refractivity contribution >= 4 is 27.2 Å². The second-order valence-electron chi connectivity index (χ2n) is 5.08. The van der Waals surface area contributed by atoms with Crippen molar-refractivity contribution in [3.63, 3.8) is 0 Å². The Hall–Kier alpha value is -2.16. The van der Waals surface area contributed by atoms with Gasteiger partial charge in [-0.1, -0.05) is 6.07 Å². The van der Waals surface area contributed by atoms with Crippen LogP contribution in [0.5, 0.6) is 0 Å². The summed E-state index contributed by atoms with van der Waals surface area (Å²) in [7, 11) is -2.45. The van der Waals surface area contributed by atoms with Crippen LogP contribution in [0.3, 0.4) is 0 Å². The third-order valence-electron chi connectivity index (χ3n) is 3.28. The molecule has 0 unspecified atom stereocenters. The van der Waals surface area contributed by atoms with Crippen molar-refractivity contribution in [3.05, 3.63) is 28.3 Å². The number of aliphatic carboxylic acids is 1. The van der Waals surface area contributed by atoms with Crippen molar-refractivity contribution < 1.29 is 23.2 Å². The maximum absolute atomic E-state index is 11.7. The largest absolute Gasteiger partial charge is 0.480 e. The highest BCUT2D eigenvalue weighted by Gasteiger charge is 2.37. The number of hydrogen-bond donors (Lipinski definition) is 1. The van der Waals surface area contributed by atoms with Crippen LogP contribution in [-0.4, -0.2) is 43.3 Å². The lowest BCUT2D eigenvalue weighted by Gasteiger charge is -2.33. The molecular weight excluding hydrogens is 300 g/mol. The van der Waals surface area contributed by atoms with E-state index in [4.69, 9.17) is 0 Å². The molecule has 1 rings (SSSR count). The Morgan fingerprint density at radius 1 is 1.38 bits per heavy atom. The Balaban J connectivity index is 3.66. The first kappa shape index (κ1) is 16.9. The molecule has 0 spiro atoms. The summed E-state index contributed by atoms with van der Waals surface area (Å²) in [6, 6.07) is 3.78. The molecular formula is C12H16N2O6S. The number of nitro groups is 1. The fourth-order valence-electron chi connectivity index (χ4n) is 1.71. The zero-order chi connectivity index (χ0) is 16.6. The van der Waals surface area contributed by atoms with Crippen molar-refractivity contribution in [2.75, 3.05) is 18.2 Å². The topological polar surface area (TPSA) is 118 Å². The van der Waals surface area contributed by atoms with Crippen molar-refractivity contribution in [3.8, 4) is 0 Å². The molecule has 0 saturated carbocycles. The number of benzene rings is 1. The normalized spacial score (nSPS) is 12.0. The first-order valence-corrected chi connectivity index (χ1v) is 7.74. The minimum Gasteiger partial charge on any atom is -0.480 e. The average Bonchev–Trinajstić information content (AvgIpc) is 2.35. The second kappa shape index (κ2) is 5.32. The van der Waals surface area contributed by atoms with Crippen molar-refractivity contribution in [1.29, 1.82) is 0 Å². The molecule has 0 aliphatic rings. The predicted molar refractivity (Wildman–Crippen MR) is 76.3 cm³/mol. The van der Waals surface area contributed by atoms with Crippen LogP contribution >= 0.6 is 0 Å². The van der Waals surface area contributed by atoms with E-state index >= 15 is 0 Å². The number of nitrogens with zero attached hydrogens (tertiary/aromatic N) is 2. The number of para-hydroxylation sites is 1. The number of carboxylic acid groups (broad SMARTS) is 1. The van der Waals surface area contributed by atoms with E-state index in [1.54, 1.807) is 0 Å². The molecule has 116 valence electrons. The molecule has 1 aromatic carbocycles. The average molecular weight is 316 g/mol. The molecule has 0 amide bonds. The minimum atomic E-state index is -3.82. The van der Waals surface area contributed by atoms with Crippen molar-refractivity contribution in [2.24, 2.45) is 0 Å². The van der Waals surface area contributed by atoms with E-state index < -0.39 is 36.9 Å². The number of likely N-dealkylation sites (N-methyl/N-ethyl adjacent to an activating group) is 1. The van der Waals surface area contributed by atoms with Gasteiger partial charge in [-0.25, -0.2) is 13.2 Å². The molecule has 0 bridgehead atoms. The van der Waals surface area contributed by atoms with E-state index in [2.05, 4.69) is 0 Å². The van der Waals surface area contributed by atoms with E-state index in [-0.39, 0.29) is 5.69 Å². The third kappa shape index (κ3) is 3.13. The SMILES string of the molecule is CN(c1cccc(S(C)(=O)=O)c1[N+](=O)[O-])C(C)(C)C(=O)O. The molecule has 0 aliphatic heterocycles. The van der Waals surface area contributed by atoms with Gasteiger partial charge >= 0.3 is 11.7 Å². The first-order valence-electron chi connectivity index (χ1n) is 5.85. The van der Waals surface area contributed by atoms with Gasteiger partial charge in [0.15, 0.2) is 9.84 Å². The molecule has 0 aliphatic carbocycles. The summed E-state index contributed by atoms with van der Waals surface area (Å²) in [6.45, 7) is 2.73. The van der Waals surface area contributed by atoms with Crippen LogP contribution in [0.25, 0.3) is 0 Å². The fraction of sp³-hybridized carbons (Fsp3) is 0.417. The van der Waals surface area contributed by atoms with E-state index in [1.807, 2.05) is 0 Å². The summed E-state index contributed by atoms with van der Waals surface area (Å²) in [6.07, 6.45) is 0.863. The Labute approximate surface area is 122 Å². The molecule has 0 aromatic heterocycles. The number of hydrogen-bond acceptors (Lipinski definition) is 6. The molecule has 0 saturated heterocycles. The van der Waals surface area contributed by atoms with Gasteiger partial charge in [0.05, 0.1) is 4.92 Å². The number of sulfone groups is 1. The van der Waals surface area contributed by atoms with Gasteiger partial charge < -0.3 is 10.0 Å². The monoisotopic (exact) mass is 316 g/mol. The van der Waals surface area contributed by atoms with Gasteiger partial charge in [0.1, 0.15) is 16.1 Å². The lowest BCUT2D eigenvalue weighted by molar-refractivity contribution is -0.387. The summed E-state index contributed by atoms with van der Waals surface area (Å²) in [5.41, 5.74) is -2.15. The Bertz CT molecular complexity index is 696. The smallest absolute Gasteiger partial charge is 0.328 e. The zero-order valence-electron chi connectivity index (χ0n) is 12.0. The standard InChI is InChI=1S/C12H16N2O6S/c1-12(2,11(15)16)13(3)8-6-5-7-9(21(4,19)20)10(8)14(17)18/h5-7H,1-4H3,(H,15,16). The van der Waals surface area contributed by atoms with E-state index in [0.717, 1.165) is 12.3 Å². The Morgan fingerprint density at radius 3 is 2.29 bits per heavy atom. The van der Waals surface area contributed by atoms with Gasteiger partial charge in [0.25, 0.3) is 0 Å². The van der Waals surface area contributed by atoms with Crippen LogP contribution in [0.15, 0.2) is 23.1 Å². The number of carboxylic acids is 1. The quantitative estimate of drug-likeness (QED) is 0.642. The Kier molecular flexibility index (Phi) is 4.28. The molecule has 1 N–H and O–H groups in total. The van der Waals surface area contributed by atoms with Crippen molar-refractivity contribution in [1.82, 2.24) is 0 Å². The number of anilines is 1. The van der Waals surface area contributed by atoms with Crippen LogP contribution in [-0.2, 0) is 14.6 Å². The van der Waals surface area contributed by atoms with E-state index in [0.29, 0.717) is 0 Å². The number of rotatable bonds is 5. The zero-order valence-corrected chi connectivity index (χ0v) is 12.8. The predicted octanol–water partition coefficient (Wildman–Crippen LogP) is 1.30. The summed E-state index contributed by atoms with van der Waals surface area (Å²) < 4.78 is 23.4. The van der Waals surface area contributed by atoms with Crippen LogP contribution in [0, 0.1) is 10.1 Å². The lowest BCUT2D eigenvalue weighted by Crippen LogP contribution is -2.48. The number of nitro benzene ring substituents is 1. The summed E-state index contributed by atoms with van der Waals surface area (Å²) in [4.78, 5) is 22.4. The van der Waals surface area contributed by atoms with Gasteiger partial charge in [0.2, 0.25) is 0 Å². The maximum atomic E-state index is 11.7. The lowest BCUT2D eigenvalue weighted by atomic mass is 10.0. The molecule has 0 radical (unpaired) electrons. The third-order valence-corrected chi connectivity index (χ3v) is 4.41. The highest BCUT2D eigenvalue weighted by atomic mass is 32.2. The van der Waals surface area contributed by atoms with Gasteiger partial charge in [-0.2, -0.15) is 0 Å². The molecule has 21 heavy (non-hydrogen) atoms. The molecule has 9 heteroatoms. The highest BCUT2D eigenvalue weighted by molar-refractivity contribution is 7.90. The number of carbonyl (C=O) groups is 1. The van der Waals surface area contributed by atoms with E-state index in [1.165, 1.54) is 37.9 Å². The maximum Gasteiger partial charge on any atom is 0.328 e. The van der Waals surface area contributed by atoms with Gasteiger partial charge in [-0.15, -0.1) is 0 Å². The summed E-state index contributed by atoms with van der Waals surface area (Å²) in [5, 5.41) is 20.5. The second-order valence-corrected chi connectivity index (χ2v) is 7.06. The molecule has 1 aromatic rings. The molecule has 8 nitrogen and oxygen atoms in total. The van der Waals surface area contributed by atoms with Crippen LogP contribution in [0.4, 0.5) is 11.4 Å².